The fraction of sp³-hybridized carbons (Fsp3) is 0.118. The van der Waals surface area contributed by atoms with E-state index < -0.39 is 11.9 Å². The molecule has 0 fully saturated rings. The van der Waals surface area contributed by atoms with Crippen molar-refractivity contribution in [3.8, 4) is 11.4 Å². The van der Waals surface area contributed by atoms with Crippen LogP contribution in [0.15, 0.2) is 47.0 Å². The smallest absolute Gasteiger partial charge is 0.253 e. The molecule has 1 atom stereocenters. The molecule has 0 saturated carbocycles. The van der Waals surface area contributed by atoms with E-state index in [1.807, 2.05) is 0 Å². The molecule has 2 aromatic carbocycles. The van der Waals surface area contributed by atoms with Crippen molar-refractivity contribution < 1.29 is 13.7 Å². The Kier molecular flexibility index (Phi) is 5.01. The minimum atomic E-state index is -0.552. The zero-order valence-electron chi connectivity index (χ0n) is 13.0. The zero-order chi connectivity index (χ0) is 18.0. The maximum atomic E-state index is 13.0. The Morgan fingerprint density at radius 3 is 2.64 bits per heavy atom. The van der Waals surface area contributed by atoms with Gasteiger partial charge in [0.25, 0.3) is 5.91 Å². The molecule has 128 valence electrons. The van der Waals surface area contributed by atoms with Gasteiger partial charge in [-0.25, -0.2) is 4.39 Å². The number of rotatable bonds is 4. The van der Waals surface area contributed by atoms with Crippen LogP contribution in [-0.2, 0) is 0 Å². The van der Waals surface area contributed by atoms with Crippen LogP contribution in [0.1, 0.15) is 29.2 Å². The molecule has 0 radical (unpaired) electrons. The molecule has 1 amide bonds. The van der Waals surface area contributed by atoms with Gasteiger partial charge in [0.15, 0.2) is 0 Å². The van der Waals surface area contributed by atoms with Crippen molar-refractivity contribution in [2.75, 3.05) is 0 Å². The van der Waals surface area contributed by atoms with E-state index >= 15 is 0 Å². The number of hydrogen-bond donors (Lipinski definition) is 1. The van der Waals surface area contributed by atoms with Crippen LogP contribution in [0.5, 0.6) is 0 Å². The summed E-state index contributed by atoms with van der Waals surface area (Å²) in [5, 5.41) is 7.24. The summed E-state index contributed by atoms with van der Waals surface area (Å²) in [6.07, 6.45) is 0. The fourth-order valence-corrected chi connectivity index (χ4v) is 2.51. The molecule has 1 N–H and O–H groups in total. The lowest BCUT2D eigenvalue weighted by Gasteiger charge is -2.10. The van der Waals surface area contributed by atoms with Gasteiger partial charge in [-0.15, -0.1) is 0 Å². The van der Waals surface area contributed by atoms with Crippen LogP contribution in [-0.4, -0.2) is 16.0 Å². The van der Waals surface area contributed by atoms with Crippen molar-refractivity contribution in [1.29, 1.82) is 0 Å². The molecule has 1 heterocycles. The predicted molar refractivity (Wildman–Crippen MR) is 92.0 cm³/mol. The second-order valence-electron chi connectivity index (χ2n) is 5.28. The highest BCUT2D eigenvalue weighted by Gasteiger charge is 2.19. The molecule has 3 aromatic rings. The molecule has 25 heavy (non-hydrogen) atoms. The lowest BCUT2D eigenvalue weighted by Crippen LogP contribution is -2.27. The molecule has 3 rings (SSSR count). The predicted octanol–water partition coefficient (Wildman–Crippen LogP) is 4.67. The average molecular weight is 380 g/mol. The van der Waals surface area contributed by atoms with E-state index in [9.17, 15) is 9.18 Å². The first-order valence-corrected chi connectivity index (χ1v) is 8.05. The Morgan fingerprint density at radius 2 is 1.92 bits per heavy atom. The van der Waals surface area contributed by atoms with Crippen molar-refractivity contribution in [3.63, 3.8) is 0 Å². The molecule has 0 spiro atoms. The summed E-state index contributed by atoms with van der Waals surface area (Å²) in [5.74, 6) is -0.254. The Hall–Kier alpha value is -2.44. The highest BCUT2D eigenvalue weighted by Crippen LogP contribution is 2.22. The maximum Gasteiger partial charge on any atom is 0.253 e. The van der Waals surface area contributed by atoms with Crippen molar-refractivity contribution >= 4 is 29.1 Å². The topological polar surface area (TPSA) is 68.0 Å². The van der Waals surface area contributed by atoms with Crippen LogP contribution in [0.2, 0.25) is 10.0 Å². The number of halogens is 3. The molecule has 0 aliphatic heterocycles. The van der Waals surface area contributed by atoms with E-state index in [2.05, 4.69) is 15.5 Å². The van der Waals surface area contributed by atoms with Gasteiger partial charge in [0.05, 0.1) is 10.6 Å². The van der Waals surface area contributed by atoms with Gasteiger partial charge in [-0.2, -0.15) is 4.98 Å². The monoisotopic (exact) mass is 379 g/mol. The summed E-state index contributed by atoms with van der Waals surface area (Å²) in [7, 11) is 0. The van der Waals surface area contributed by atoms with Gasteiger partial charge in [-0.1, -0.05) is 28.4 Å². The largest absolute Gasteiger partial charge is 0.340 e. The van der Waals surface area contributed by atoms with E-state index in [4.69, 9.17) is 27.7 Å². The van der Waals surface area contributed by atoms with Gasteiger partial charge in [0.2, 0.25) is 11.7 Å². The summed E-state index contributed by atoms with van der Waals surface area (Å²) in [4.78, 5) is 16.6. The summed E-state index contributed by atoms with van der Waals surface area (Å²) in [5.41, 5.74) is 0.854. The first kappa shape index (κ1) is 17.4. The highest BCUT2D eigenvalue weighted by atomic mass is 35.5. The van der Waals surface area contributed by atoms with Gasteiger partial charge in [0.1, 0.15) is 11.9 Å². The Balaban J connectivity index is 1.75. The SMILES string of the molecule is CC(NC(=O)c1cc(Cl)ccc1Cl)c1nc(-c2ccc(F)cc2)no1. The van der Waals surface area contributed by atoms with Gasteiger partial charge in [0, 0.05) is 10.6 Å². The van der Waals surface area contributed by atoms with E-state index in [-0.39, 0.29) is 22.3 Å². The van der Waals surface area contributed by atoms with Crippen LogP contribution in [0.25, 0.3) is 11.4 Å². The number of benzene rings is 2. The van der Waals surface area contributed by atoms with E-state index in [1.165, 1.54) is 18.2 Å². The van der Waals surface area contributed by atoms with Gasteiger partial charge in [-0.3, -0.25) is 4.79 Å². The summed E-state index contributed by atoms with van der Waals surface area (Å²) in [6.45, 7) is 1.69. The minimum Gasteiger partial charge on any atom is -0.340 e. The number of amides is 1. The van der Waals surface area contributed by atoms with E-state index in [1.54, 1.807) is 31.2 Å². The quantitative estimate of drug-likeness (QED) is 0.714. The number of carbonyl (C=O) groups excluding carboxylic acids is 1. The average Bonchev–Trinajstić information content (AvgIpc) is 3.07. The van der Waals surface area contributed by atoms with Crippen molar-refractivity contribution in [3.05, 3.63) is 69.8 Å². The minimum absolute atomic E-state index is 0.214. The molecule has 0 aliphatic carbocycles. The second kappa shape index (κ2) is 7.21. The summed E-state index contributed by atoms with van der Waals surface area (Å²) >= 11 is 11.9. The van der Waals surface area contributed by atoms with E-state index in [0.29, 0.717) is 16.4 Å². The Bertz CT molecular complexity index is 913. The molecule has 0 bridgehead atoms. The van der Waals surface area contributed by atoms with Crippen LogP contribution in [0, 0.1) is 5.82 Å². The van der Waals surface area contributed by atoms with Crippen LogP contribution in [0.3, 0.4) is 0 Å². The fourth-order valence-electron chi connectivity index (χ4n) is 2.13. The maximum absolute atomic E-state index is 13.0. The normalized spacial score (nSPS) is 12.0. The molecule has 5 nitrogen and oxygen atoms in total. The van der Waals surface area contributed by atoms with Gasteiger partial charge >= 0.3 is 0 Å². The Morgan fingerprint density at radius 1 is 1.20 bits per heavy atom. The van der Waals surface area contributed by atoms with E-state index in [0.717, 1.165) is 0 Å². The van der Waals surface area contributed by atoms with Crippen LogP contribution < -0.4 is 5.32 Å². The van der Waals surface area contributed by atoms with Crippen molar-refractivity contribution in [2.45, 2.75) is 13.0 Å². The lowest BCUT2D eigenvalue weighted by molar-refractivity contribution is 0.0932. The molecule has 8 heteroatoms. The Labute approximate surface area is 152 Å². The second-order valence-corrected chi connectivity index (χ2v) is 6.13. The number of hydrogen-bond acceptors (Lipinski definition) is 4. The first-order chi connectivity index (χ1) is 11.9. The number of nitrogens with one attached hydrogen (secondary N) is 1. The van der Waals surface area contributed by atoms with Crippen molar-refractivity contribution in [1.82, 2.24) is 15.5 Å². The molecule has 1 aromatic heterocycles. The van der Waals surface area contributed by atoms with Crippen LogP contribution >= 0.6 is 23.2 Å². The molecular formula is C17H12Cl2FN3O2. The third-order valence-corrected chi connectivity index (χ3v) is 4.00. The van der Waals surface area contributed by atoms with Crippen molar-refractivity contribution in [2.24, 2.45) is 0 Å². The third-order valence-electron chi connectivity index (χ3n) is 3.44. The zero-order valence-corrected chi connectivity index (χ0v) is 14.5. The highest BCUT2D eigenvalue weighted by molar-refractivity contribution is 6.35. The molecular weight excluding hydrogens is 368 g/mol. The summed E-state index contributed by atoms with van der Waals surface area (Å²) in [6, 6.07) is 9.75. The van der Waals surface area contributed by atoms with Gasteiger partial charge < -0.3 is 9.84 Å². The molecule has 0 saturated heterocycles. The standard InChI is InChI=1S/C17H12Cl2FN3O2/c1-9(21-16(24)13-8-11(18)4-7-14(13)19)17-22-15(23-25-17)10-2-5-12(20)6-3-10/h2-9H,1H3,(H,21,24). The molecule has 0 aliphatic rings. The summed E-state index contributed by atoms with van der Waals surface area (Å²) < 4.78 is 18.1. The lowest BCUT2D eigenvalue weighted by atomic mass is 10.2. The molecule has 1 unspecified atom stereocenters. The number of nitrogens with zero attached hydrogens (tertiary/aromatic N) is 2. The first-order valence-electron chi connectivity index (χ1n) is 7.29. The van der Waals surface area contributed by atoms with Gasteiger partial charge in [-0.05, 0) is 49.4 Å². The third kappa shape index (κ3) is 3.97. The van der Waals surface area contributed by atoms with Crippen LogP contribution in [0.4, 0.5) is 4.39 Å². The number of aromatic nitrogens is 2. The number of carbonyl (C=O) groups is 1.